The maximum Gasteiger partial charge on any atom is 0.0982 e. The Balaban J connectivity index is 1.92. The zero-order valence-corrected chi connectivity index (χ0v) is 12.7. The predicted octanol–water partition coefficient (Wildman–Crippen LogP) is 3.10. The Morgan fingerprint density at radius 3 is 2.61 bits per heavy atom. The Labute approximate surface area is 114 Å². The number of rotatable bonds is 3. The van der Waals surface area contributed by atoms with Crippen LogP contribution in [0.5, 0.6) is 0 Å². The van der Waals surface area contributed by atoms with Crippen LogP contribution in [0.3, 0.4) is 0 Å². The van der Waals surface area contributed by atoms with Gasteiger partial charge in [0.25, 0.3) is 0 Å². The molecule has 1 aromatic rings. The fourth-order valence-electron chi connectivity index (χ4n) is 2.04. The lowest BCUT2D eigenvalue weighted by molar-refractivity contribution is 0.0445. The third-order valence-electron chi connectivity index (χ3n) is 3.49. The van der Waals surface area contributed by atoms with Crippen molar-refractivity contribution in [1.29, 1.82) is 0 Å². The average Bonchev–Trinajstić information content (AvgIpc) is 2.76. The van der Waals surface area contributed by atoms with Gasteiger partial charge < -0.3 is 10.1 Å². The van der Waals surface area contributed by atoms with Crippen molar-refractivity contribution in [3.8, 4) is 0 Å². The van der Waals surface area contributed by atoms with Gasteiger partial charge in [0.2, 0.25) is 0 Å². The van der Waals surface area contributed by atoms with Crippen molar-refractivity contribution < 1.29 is 4.74 Å². The van der Waals surface area contributed by atoms with E-state index in [1.165, 1.54) is 5.01 Å². The summed E-state index contributed by atoms with van der Waals surface area (Å²) < 4.78 is 5.41. The summed E-state index contributed by atoms with van der Waals surface area (Å²) in [5.74, 6) is 0. The van der Waals surface area contributed by atoms with E-state index in [0.29, 0.717) is 0 Å². The first-order valence-electron chi connectivity index (χ1n) is 6.67. The van der Waals surface area contributed by atoms with E-state index in [2.05, 4.69) is 38.4 Å². The summed E-state index contributed by atoms with van der Waals surface area (Å²) in [5, 5.41) is 7.04. The molecule has 1 aliphatic heterocycles. The monoisotopic (exact) mass is 268 g/mol. The van der Waals surface area contributed by atoms with Crippen LogP contribution in [0.25, 0.3) is 0 Å². The van der Waals surface area contributed by atoms with Crippen LogP contribution in [0, 0.1) is 0 Å². The highest BCUT2D eigenvalue weighted by atomic mass is 32.1. The highest BCUT2D eigenvalue weighted by molar-refractivity contribution is 7.09. The summed E-state index contributed by atoms with van der Waals surface area (Å²) in [6, 6.07) is 0. The van der Waals surface area contributed by atoms with Gasteiger partial charge >= 0.3 is 0 Å². The van der Waals surface area contributed by atoms with E-state index in [0.717, 1.165) is 38.3 Å². The summed E-state index contributed by atoms with van der Waals surface area (Å²) >= 11 is 1.77. The molecule has 0 radical (unpaired) electrons. The summed E-state index contributed by atoms with van der Waals surface area (Å²) in [6.45, 7) is 11.5. The molecule has 1 fully saturated rings. The minimum Gasteiger partial charge on any atom is -0.381 e. The molecule has 0 aromatic carbocycles. The summed E-state index contributed by atoms with van der Waals surface area (Å²) in [5.41, 5.74) is 1.53. The normalized spacial score (nSPS) is 20.0. The molecular formula is C14H24N2OS. The molecule has 3 nitrogen and oxygen atoms in total. The minimum absolute atomic E-state index is 0.158. The summed E-state index contributed by atoms with van der Waals surface area (Å²) in [6.07, 6.45) is 2.17. The first kappa shape index (κ1) is 14.0. The lowest BCUT2D eigenvalue weighted by Gasteiger charge is -2.34. The van der Waals surface area contributed by atoms with Crippen LogP contribution in [0.15, 0.2) is 5.38 Å². The van der Waals surface area contributed by atoms with E-state index in [9.17, 15) is 0 Å². The highest BCUT2D eigenvalue weighted by Gasteiger charge is 2.27. The fourth-order valence-corrected chi connectivity index (χ4v) is 2.94. The van der Waals surface area contributed by atoms with Crippen LogP contribution in [0.1, 0.15) is 51.2 Å². The van der Waals surface area contributed by atoms with Crippen LogP contribution in [-0.4, -0.2) is 23.7 Å². The Morgan fingerprint density at radius 2 is 2.06 bits per heavy atom. The van der Waals surface area contributed by atoms with E-state index in [4.69, 9.17) is 9.72 Å². The average molecular weight is 268 g/mol. The van der Waals surface area contributed by atoms with Crippen LogP contribution < -0.4 is 5.32 Å². The van der Waals surface area contributed by atoms with Crippen LogP contribution in [0.2, 0.25) is 0 Å². The van der Waals surface area contributed by atoms with Gasteiger partial charge in [-0.15, -0.1) is 11.3 Å². The minimum atomic E-state index is 0.158. The first-order chi connectivity index (χ1) is 8.39. The second kappa shape index (κ2) is 5.27. The lowest BCUT2D eigenvalue weighted by atomic mass is 9.92. The van der Waals surface area contributed by atoms with Gasteiger partial charge in [-0.1, -0.05) is 20.8 Å². The molecule has 0 bridgehead atoms. The van der Waals surface area contributed by atoms with E-state index >= 15 is 0 Å². The molecule has 4 heteroatoms. The molecule has 2 heterocycles. The Bertz CT molecular complexity index is 389. The molecule has 0 amide bonds. The standard InChI is InChI=1S/C14H24N2OS/c1-13(2,3)12-16-11(10-18-12)9-15-14(4)5-7-17-8-6-14/h10,15H,5-9H2,1-4H3. The maximum absolute atomic E-state index is 5.41. The van der Waals surface area contributed by atoms with E-state index in [1.807, 2.05) is 0 Å². The number of nitrogens with one attached hydrogen (secondary N) is 1. The number of ether oxygens (including phenoxy) is 1. The SMILES string of the molecule is CC1(NCc2csc(C(C)(C)C)n2)CCOCC1. The molecular weight excluding hydrogens is 244 g/mol. The van der Waals surface area contributed by atoms with Gasteiger partial charge in [0.15, 0.2) is 0 Å². The number of nitrogens with zero attached hydrogens (tertiary/aromatic N) is 1. The predicted molar refractivity (Wildman–Crippen MR) is 76.1 cm³/mol. The molecule has 18 heavy (non-hydrogen) atoms. The van der Waals surface area contributed by atoms with Gasteiger partial charge in [0, 0.05) is 36.1 Å². The highest BCUT2D eigenvalue weighted by Crippen LogP contribution is 2.26. The number of aromatic nitrogens is 1. The molecule has 1 aliphatic rings. The van der Waals surface area contributed by atoms with Gasteiger partial charge in [0.05, 0.1) is 10.7 Å². The van der Waals surface area contributed by atoms with Crippen LogP contribution in [-0.2, 0) is 16.7 Å². The Kier molecular flexibility index (Phi) is 4.09. The van der Waals surface area contributed by atoms with E-state index < -0.39 is 0 Å². The lowest BCUT2D eigenvalue weighted by Crippen LogP contribution is -2.46. The van der Waals surface area contributed by atoms with Gasteiger partial charge in [0.1, 0.15) is 0 Å². The quantitative estimate of drug-likeness (QED) is 0.914. The summed E-state index contributed by atoms with van der Waals surface area (Å²) in [7, 11) is 0. The molecule has 0 atom stereocenters. The zero-order valence-electron chi connectivity index (χ0n) is 11.9. The van der Waals surface area contributed by atoms with Gasteiger partial charge in [-0.3, -0.25) is 0 Å². The van der Waals surface area contributed by atoms with E-state index in [1.54, 1.807) is 11.3 Å². The van der Waals surface area contributed by atoms with Gasteiger partial charge in [-0.25, -0.2) is 4.98 Å². The Morgan fingerprint density at radius 1 is 1.39 bits per heavy atom. The number of hydrogen-bond acceptors (Lipinski definition) is 4. The van der Waals surface area contributed by atoms with Crippen molar-refractivity contribution in [2.75, 3.05) is 13.2 Å². The van der Waals surface area contributed by atoms with E-state index in [-0.39, 0.29) is 11.0 Å². The molecule has 102 valence electrons. The van der Waals surface area contributed by atoms with Crippen molar-refractivity contribution in [3.63, 3.8) is 0 Å². The summed E-state index contributed by atoms with van der Waals surface area (Å²) in [4.78, 5) is 4.72. The molecule has 1 N–H and O–H groups in total. The first-order valence-corrected chi connectivity index (χ1v) is 7.55. The van der Waals surface area contributed by atoms with Crippen LogP contribution >= 0.6 is 11.3 Å². The molecule has 0 aliphatic carbocycles. The second-order valence-electron chi connectivity index (χ2n) is 6.42. The maximum atomic E-state index is 5.41. The third-order valence-corrected chi connectivity index (χ3v) is 4.80. The fraction of sp³-hybridized carbons (Fsp3) is 0.786. The zero-order chi connectivity index (χ0) is 13.2. The molecule has 0 unspecified atom stereocenters. The van der Waals surface area contributed by atoms with Crippen molar-refractivity contribution in [2.45, 2.75) is 58.0 Å². The smallest absolute Gasteiger partial charge is 0.0982 e. The van der Waals surface area contributed by atoms with Crippen molar-refractivity contribution >= 4 is 11.3 Å². The molecule has 1 aromatic heterocycles. The topological polar surface area (TPSA) is 34.2 Å². The number of hydrogen-bond donors (Lipinski definition) is 1. The van der Waals surface area contributed by atoms with Crippen molar-refractivity contribution in [1.82, 2.24) is 10.3 Å². The van der Waals surface area contributed by atoms with Crippen molar-refractivity contribution in [2.24, 2.45) is 0 Å². The molecule has 0 spiro atoms. The second-order valence-corrected chi connectivity index (χ2v) is 7.28. The number of thiazole rings is 1. The third kappa shape index (κ3) is 3.53. The van der Waals surface area contributed by atoms with Crippen LogP contribution in [0.4, 0.5) is 0 Å². The largest absolute Gasteiger partial charge is 0.381 e. The van der Waals surface area contributed by atoms with Crippen molar-refractivity contribution in [3.05, 3.63) is 16.1 Å². The molecule has 1 saturated heterocycles. The van der Waals surface area contributed by atoms with Gasteiger partial charge in [-0.05, 0) is 19.8 Å². The van der Waals surface area contributed by atoms with Gasteiger partial charge in [-0.2, -0.15) is 0 Å². The molecule has 2 rings (SSSR count). The molecule has 0 saturated carbocycles. The Hall–Kier alpha value is -0.450.